The smallest absolute Gasteiger partial charge is 0.208 e. The van der Waals surface area contributed by atoms with E-state index in [-0.39, 0.29) is 11.1 Å². The fraction of sp³-hybridized carbons (Fsp3) is 0.167. The van der Waals surface area contributed by atoms with E-state index in [0.29, 0.717) is 0 Å². The first-order valence-corrected chi connectivity index (χ1v) is 4.87. The molecule has 80 valence electrons. The Morgan fingerprint density at radius 2 is 2.06 bits per heavy atom. The number of ether oxygens (including phenoxy) is 1. The molecule has 1 saturated heterocycles. The van der Waals surface area contributed by atoms with Gasteiger partial charge in [-0.2, -0.15) is 10.5 Å². The molecule has 0 aromatic rings. The van der Waals surface area contributed by atoms with Crippen molar-refractivity contribution in [2.45, 2.75) is 11.7 Å². The van der Waals surface area contributed by atoms with Gasteiger partial charge in [0, 0.05) is 5.57 Å². The van der Waals surface area contributed by atoms with E-state index in [1.165, 1.54) is 6.08 Å². The summed E-state index contributed by atoms with van der Waals surface area (Å²) >= 11 is 0. The summed E-state index contributed by atoms with van der Waals surface area (Å²) < 4.78 is 5.26. The quantitative estimate of drug-likeness (QED) is 0.252. The summed E-state index contributed by atoms with van der Waals surface area (Å²) in [5.41, 5.74) is -1.79. The van der Waals surface area contributed by atoms with Crippen molar-refractivity contribution in [3.63, 3.8) is 0 Å². The Bertz CT molecular complexity index is 638. The molecule has 1 spiro atoms. The second-order valence-corrected chi connectivity index (χ2v) is 3.87. The van der Waals surface area contributed by atoms with Gasteiger partial charge in [0.15, 0.2) is 11.4 Å². The zero-order valence-electron chi connectivity index (χ0n) is 8.43. The lowest BCUT2D eigenvalue weighted by Crippen LogP contribution is -2.24. The van der Waals surface area contributed by atoms with E-state index in [1.54, 1.807) is 24.3 Å². The predicted octanol–water partition coefficient (Wildman–Crippen LogP) is 0.116. The molecule has 1 heterocycles. The standard InChI is InChI=1S/C12H4N2O3/c13-4-6(5-14)9-10(15)7-2-1-3-8-12(7,17-8)11(9)16/h1-3,8H. The molecular formula is C12H4N2O3. The summed E-state index contributed by atoms with van der Waals surface area (Å²) in [4.78, 5) is 24.1. The highest BCUT2D eigenvalue weighted by Gasteiger charge is 2.71. The normalized spacial score (nSPS) is 32.2. The maximum absolute atomic E-state index is 12.1. The number of carbonyl (C=O) groups excluding carboxylic acids is 2. The number of ketones is 2. The number of rotatable bonds is 0. The van der Waals surface area contributed by atoms with E-state index >= 15 is 0 Å². The number of nitriles is 2. The number of carbonyl (C=O) groups is 2. The molecule has 5 heteroatoms. The van der Waals surface area contributed by atoms with Gasteiger partial charge in [-0.1, -0.05) is 18.2 Å². The SMILES string of the molecule is N#CC(C#N)=C1C(=O)C2=CC=CC3OC23C1=O. The minimum atomic E-state index is -1.24. The van der Waals surface area contributed by atoms with E-state index in [1.807, 2.05) is 0 Å². The number of hydrogen-bond acceptors (Lipinski definition) is 5. The summed E-state index contributed by atoms with van der Waals surface area (Å²) in [6.07, 6.45) is 4.38. The number of epoxide rings is 1. The zero-order valence-corrected chi connectivity index (χ0v) is 8.43. The van der Waals surface area contributed by atoms with Crippen molar-refractivity contribution in [3.05, 3.63) is 34.9 Å². The third-order valence-corrected chi connectivity index (χ3v) is 3.11. The van der Waals surface area contributed by atoms with Crippen LogP contribution in [0.5, 0.6) is 0 Å². The molecule has 2 atom stereocenters. The molecule has 0 N–H and O–H groups in total. The second-order valence-electron chi connectivity index (χ2n) is 3.87. The molecule has 0 bridgehead atoms. The number of nitrogens with zero attached hydrogens (tertiary/aromatic N) is 2. The van der Waals surface area contributed by atoms with Crippen LogP contribution >= 0.6 is 0 Å². The summed E-state index contributed by atoms with van der Waals surface area (Å²) in [5.74, 6) is -1.14. The van der Waals surface area contributed by atoms with E-state index < -0.39 is 28.8 Å². The lowest BCUT2D eigenvalue weighted by molar-refractivity contribution is -0.118. The van der Waals surface area contributed by atoms with E-state index in [4.69, 9.17) is 15.3 Å². The van der Waals surface area contributed by atoms with Crippen LogP contribution in [0.2, 0.25) is 0 Å². The Morgan fingerprint density at radius 1 is 1.35 bits per heavy atom. The first-order chi connectivity index (χ1) is 8.16. The highest BCUT2D eigenvalue weighted by atomic mass is 16.6. The van der Waals surface area contributed by atoms with Crippen molar-refractivity contribution in [3.8, 4) is 12.1 Å². The van der Waals surface area contributed by atoms with Crippen LogP contribution in [0.1, 0.15) is 0 Å². The molecule has 5 nitrogen and oxygen atoms in total. The third kappa shape index (κ3) is 0.902. The van der Waals surface area contributed by atoms with E-state index in [2.05, 4.69) is 0 Å². The molecule has 1 aliphatic heterocycles. The van der Waals surface area contributed by atoms with E-state index in [0.717, 1.165) is 0 Å². The van der Waals surface area contributed by atoms with Crippen LogP contribution in [0.15, 0.2) is 34.9 Å². The molecule has 0 aromatic carbocycles. The van der Waals surface area contributed by atoms with Crippen molar-refractivity contribution in [1.82, 2.24) is 0 Å². The van der Waals surface area contributed by atoms with Crippen molar-refractivity contribution >= 4 is 11.6 Å². The molecule has 0 amide bonds. The lowest BCUT2D eigenvalue weighted by Gasteiger charge is -2.03. The Kier molecular flexibility index (Phi) is 1.59. The van der Waals surface area contributed by atoms with Gasteiger partial charge >= 0.3 is 0 Å². The van der Waals surface area contributed by atoms with Gasteiger partial charge in [-0.3, -0.25) is 9.59 Å². The topological polar surface area (TPSA) is 94.2 Å². The fourth-order valence-corrected chi connectivity index (χ4v) is 2.27. The van der Waals surface area contributed by atoms with Gasteiger partial charge in [0.25, 0.3) is 0 Å². The lowest BCUT2D eigenvalue weighted by atomic mass is 9.93. The summed E-state index contributed by atoms with van der Waals surface area (Å²) in [6.45, 7) is 0. The molecular weight excluding hydrogens is 220 g/mol. The molecule has 2 fully saturated rings. The Morgan fingerprint density at radius 3 is 2.65 bits per heavy atom. The maximum Gasteiger partial charge on any atom is 0.208 e. The first kappa shape index (κ1) is 9.71. The van der Waals surface area contributed by atoms with Gasteiger partial charge in [-0.15, -0.1) is 0 Å². The Hall–Kier alpha value is -2.50. The third-order valence-electron chi connectivity index (χ3n) is 3.11. The first-order valence-electron chi connectivity index (χ1n) is 4.87. The van der Waals surface area contributed by atoms with E-state index in [9.17, 15) is 9.59 Å². The molecule has 17 heavy (non-hydrogen) atoms. The van der Waals surface area contributed by atoms with Crippen LogP contribution in [0, 0.1) is 22.7 Å². The number of Topliss-reactive ketones (excluding diaryl/α,β-unsaturated/α-hetero) is 2. The molecule has 3 aliphatic rings. The summed E-state index contributed by atoms with van der Waals surface area (Å²) in [6, 6.07) is 3.15. The highest BCUT2D eigenvalue weighted by molar-refractivity contribution is 6.40. The summed E-state index contributed by atoms with van der Waals surface area (Å²) in [5, 5.41) is 17.5. The van der Waals surface area contributed by atoms with Crippen LogP contribution in [0.4, 0.5) is 0 Å². The van der Waals surface area contributed by atoms with Crippen molar-refractivity contribution in [2.24, 2.45) is 0 Å². The van der Waals surface area contributed by atoms with Gasteiger partial charge in [0.05, 0.1) is 5.57 Å². The van der Waals surface area contributed by atoms with Crippen LogP contribution in [0.3, 0.4) is 0 Å². The van der Waals surface area contributed by atoms with Gasteiger partial charge in [-0.25, -0.2) is 0 Å². The molecule has 2 aliphatic carbocycles. The van der Waals surface area contributed by atoms with Crippen molar-refractivity contribution < 1.29 is 14.3 Å². The monoisotopic (exact) mass is 224 g/mol. The summed E-state index contributed by atoms with van der Waals surface area (Å²) in [7, 11) is 0. The molecule has 2 unspecified atom stereocenters. The van der Waals surface area contributed by atoms with Gasteiger partial charge < -0.3 is 4.74 Å². The van der Waals surface area contributed by atoms with Crippen LogP contribution in [0.25, 0.3) is 0 Å². The van der Waals surface area contributed by atoms with Crippen molar-refractivity contribution in [1.29, 1.82) is 10.5 Å². The zero-order chi connectivity index (χ0) is 12.2. The van der Waals surface area contributed by atoms with Gasteiger partial charge in [0.1, 0.15) is 23.8 Å². The minimum absolute atomic E-state index is 0.230. The van der Waals surface area contributed by atoms with Crippen molar-refractivity contribution in [2.75, 3.05) is 0 Å². The number of hydrogen-bond donors (Lipinski definition) is 0. The van der Waals surface area contributed by atoms with Crippen LogP contribution in [-0.2, 0) is 14.3 Å². The van der Waals surface area contributed by atoms with Crippen LogP contribution < -0.4 is 0 Å². The average molecular weight is 224 g/mol. The second kappa shape index (κ2) is 2.79. The van der Waals surface area contributed by atoms with Gasteiger partial charge in [-0.05, 0) is 0 Å². The van der Waals surface area contributed by atoms with Crippen LogP contribution in [-0.4, -0.2) is 23.3 Å². The largest absolute Gasteiger partial charge is 0.348 e. The highest BCUT2D eigenvalue weighted by Crippen LogP contribution is 2.53. The molecule has 1 saturated carbocycles. The number of allylic oxidation sites excluding steroid dienone is 3. The molecule has 0 radical (unpaired) electrons. The average Bonchev–Trinajstić information content (AvgIpc) is 3.05. The maximum atomic E-state index is 12.1. The van der Waals surface area contributed by atoms with Gasteiger partial charge in [0.2, 0.25) is 5.78 Å². The molecule has 3 rings (SSSR count). The Labute approximate surface area is 95.9 Å². The predicted molar refractivity (Wildman–Crippen MR) is 53.1 cm³/mol. The fourth-order valence-electron chi connectivity index (χ4n) is 2.27. The molecule has 0 aromatic heterocycles. The minimum Gasteiger partial charge on any atom is -0.348 e. The Balaban J connectivity index is 2.26.